The molecule has 2 N–H and O–H groups in total. The molecule has 2 aliphatic carbocycles. The number of rotatable bonds is 6. The summed E-state index contributed by atoms with van der Waals surface area (Å²) in [5, 5.41) is 12.5. The maximum atomic E-state index is 8.72. The largest absolute Gasteiger partial charge is 0.396 e. The van der Waals surface area contributed by atoms with Gasteiger partial charge in [0.25, 0.3) is 0 Å². The smallest absolute Gasteiger partial charge is 0.0431 e. The summed E-state index contributed by atoms with van der Waals surface area (Å²) >= 11 is 0. The number of nitrogens with one attached hydrogen (secondary N) is 1. The predicted molar refractivity (Wildman–Crippen MR) is 72.0 cm³/mol. The van der Waals surface area contributed by atoms with Crippen molar-refractivity contribution in [3.8, 4) is 0 Å². The van der Waals surface area contributed by atoms with Gasteiger partial charge in [-0.1, -0.05) is 25.7 Å². The highest BCUT2D eigenvalue weighted by atomic mass is 16.2. The van der Waals surface area contributed by atoms with Crippen LogP contribution < -0.4 is 5.32 Å². The van der Waals surface area contributed by atoms with Gasteiger partial charge in [0, 0.05) is 12.6 Å². The van der Waals surface area contributed by atoms with E-state index in [0.29, 0.717) is 6.61 Å². The van der Waals surface area contributed by atoms with Crippen LogP contribution in [0, 0.1) is 11.8 Å². The molecule has 2 nitrogen and oxygen atoms in total. The number of aliphatic hydroxyl groups is 1. The van der Waals surface area contributed by atoms with Gasteiger partial charge in [-0.15, -0.1) is 0 Å². The molecule has 2 aliphatic rings. The molecule has 3 unspecified atom stereocenters. The molecule has 17 heavy (non-hydrogen) atoms. The molecule has 100 valence electrons. The van der Waals surface area contributed by atoms with E-state index in [9.17, 15) is 0 Å². The van der Waals surface area contributed by atoms with Gasteiger partial charge in [0.05, 0.1) is 0 Å². The van der Waals surface area contributed by atoms with E-state index >= 15 is 0 Å². The number of unbranched alkanes of at least 4 members (excludes halogenated alkanes) is 2. The molecule has 0 heterocycles. The van der Waals surface area contributed by atoms with Gasteiger partial charge in [-0.3, -0.25) is 0 Å². The molecule has 2 fully saturated rings. The molecule has 0 radical (unpaired) electrons. The molecule has 0 spiro atoms. The van der Waals surface area contributed by atoms with E-state index in [1.165, 1.54) is 57.8 Å². The highest BCUT2D eigenvalue weighted by Gasteiger charge is 2.31. The summed E-state index contributed by atoms with van der Waals surface area (Å²) in [4.78, 5) is 0. The summed E-state index contributed by atoms with van der Waals surface area (Å²) in [6.07, 6.45) is 13.6. The van der Waals surface area contributed by atoms with Gasteiger partial charge >= 0.3 is 0 Å². The molecule has 3 atom stereocenters. The van der Waals surface area contributed by atoms with Crippen molar-refractivity contribution in [1.82, 2.24) is 5.32 Å². The second kappa shape index (κ2) is 7.38. The molecule has 2 rings (SSSR count). The lowest BCUT2D eigenvalue weighted by molar-refractivity contribution is 0.143. The molecule has 2 saturated carbocycles. The Labute approximate surface area is 106 Å². The molecular formula is C15H29NO. The number of aliphatic hydroxyl groups excluding tert-OH is 1. The fourth-order valence-electron chi connectivity index (χ4n) is 3.78. The Bertz CT molecular complexity index is 207. The van der Waals surface area contributed by atoms with Crippen LogP contribution in [0.4, 0.5) is 0 Å². The zero-order valence-corrected chi connectivity index (χ0v) is 11.2. The lowest BCUT2D eigenvalue weighted by Gasteiger charge is -2.39. The lowest BCUT2D eigenvalue weighted by atomic mass is 9.69. The SMILES string of the molecule is OCCCCCNC1CCC2CCCCC2C1. The van der Waals surface area contributed by atoms with Gasteiger partial charge in [0.15, 0.2) is 0 Å². The fourth-order valence-corrected chi connectivity index (χ4v) is 3.78. The van der Waals surface area contributed by atoms with E-state index in [2.05, 4.69) is 5.32 Å². The normalized spacial score (nSPS) is 33.4. The van der Waals surface area contributed by atoms with Gasteiger partial charge in [-0.05, 0) is 56.9 Å². The second-order valence-corrected chi connectivity index (χ2v) is 6.05. The first kappa shape index (κ1) is 13.4. The van der Waals surface area contributed by atoms with Crippen molar-refractivity contribution in [2.75, 3.05) is 13.2 Å². The van der Waals surface area contributed by atoms with E-state index in [-0.39, 0.29) is 0 Å². The van der Waals surface area contributed by atoms with Gasteiger partial charge in [0.2, 0.25) is 0 Å². The summed E-state index contributed by atoms with van der Waals surface area (Å²) < 4.78 is 0. The Kier molecular flexibility index (Phi) is 5.79. The Morgan fingerprint density at radius 3 is 2.53 bits per heavy atom. The molecule has 0 bridgehead atoms. The molecule has 0 aromatic rings. The van der Waals surface area contributed by atoms with E-state index in [4.69, 9.17) is 5.11 Å². The maximum absolute atomic E-state index is 8.72. The summed E-state index contributed by atoms with van der Waals surface area (Å²) in [7, 11) is 0. The lowest BCUT2D eigenvalue weighted by Crippen LogP contribution is -2.39. The monoisotopic (exact) mass is 239 g/mol. The van der Waals surface area contributed by atoms with Crippen LogP contribution in [-0.2, 0) is 0 Å². The minimum atomic E-state index is 0.354. The third-order valence-corrected chi connectivity index (χ3v) is 4.81. The third kappa shape index (κ3) is 4.26. The third-order valence-electron chi connectivity index (χ3n) is 4.81. The van der Waals surface area contributed by atoms with Crippen LogP contribution in [0.15, 0.2) is 0 Å². The van der Waals surface area contributed by atoms with E-state index in [1.54, 1.807) is 0 Å². The first-order valence-corrected chi connectivity index (χ1v) is 7.74. The van der Waals surface area contributed by atoms with Gasteiger partial charge in [0.1, 0.15) is 0 Å². The first-order chi connectivity index (χ1) is 8.40. The van der Waals surface area contributed by atoms with Crippen molar-refractivity contribution in [2.45, 2.75) is 70.3 Å². The van der Waals surface area contributed by atoms with Crippen molar-refractivity contribution < 1.29 is 5.11 Å². The zero-order chi connectivity index (χ0) is 11.9. The maximum Gasteiger partial charge on any atom is 0.0431 e. The molecule has 0 saturated heterocycles. The number of hydrogen-bond acceptors (Lipinski definition) is 2. The zero-order valence-electron chi connectivity index (χ0n) is 11.2. The first-order valence-electron chi connectivity index (χ1n) is 7.74. The minimum absolute atomic E-state index is 0.354. The van der Waals surface area contributed by atoms with Crippen LogP contribution in [0.2, 0.25) is 0 Å². The Morgan fingerprint density at radius 1 is 0.882 bits per heavy atom. The van der Waals surface area contributed by atoms with Crippen molar-refractivity contribution in [3.05, 3.63) is 0 Å². The summed E-state index contributed by atoms with van der Waals surface area (Å²) in [6.45, 7) is 1.51. The summed E-state index contributed by atoms with van der Waals surface area (Å²) in [5.41, 5.74) is 0. The molecule has 0 aliphatic heterocycles. The van der Waals surface area contributed by atoms with Gasteiger partial charge < -0.3 is 10.4 Å². The topological polar surface area (TPSA) is 32.3 Å². The molecule has 0 aromatic carbocycles. The van der Waals surface area contributed by atoms with Crippen molar-refractivity contribution in [2.24, 2.45) is 11.8 Å². The Hall–Kier alpha value is -0.0800. The molecular weight excluding hydrogens is 210 g/mol. The van der Waals surface area contributed by atoms with Crippen molar-refractivity contribution in [1.29, 1.82) is 0 Å². The fraction of sp³-hybridized carbons (Fsp3) is 1.00. The second-order valence-electron chi connectivity index (χ2n) is 6.05. The number of fused-ring (bicyclic) bond motifs is 1. The van der Waals surface area contributed by atoms with Crippen LogP contribution in [0.3, 0.4) is 0 Å². The van der Waals surface area contributed by atoms with Crippen LogP contribution in [-0.4, -0.2) is 24.3 Å². The molecule has 0 amide bonds. The standard InChI is InChI=1S/C15H29NO/c17-11-5-1-4-10-16-15-9-8-13-6-2-3-7-14(13)12-15/h13-17H,1-12H2. The quantitative estimate of drug-likeness (QED) is 0.698. The van der Waals surface area contributed by atoms with Crippen LogP contribution in [0.5, 0.6) is 0 Å². The highest BCUT2D eigenvalue weighted by molar-refractivity contribution is 4.86. The average molecular weight is 239 g/mol. The van der Waals surface area contributed by atoms with Crippen LogP contribution >= 0.6 is 0 Å². The van der Waals surface area contributed by atoms with E-state index < -0.39 is 0 Å². The Balaban J connectivity index is 1.59. The van der Waals surface area contributed by atoms with Crippen molar-refractivity contribution in [3.63, 3.8) is 0 Å². The predicted octanol–water partition coefficient (Wildman–Crippen LogP) is 3.10. The van der Waals surface area contributed by atoms with Crippen molar-refractivity contribution >= 4 is 0 Å². The summed E-state index contributed by atoms with van der Waals surface area (Å²) in [6, 6.07) is 0.795. The molecule has 2 heteroatoms. The average Bonchev–Trinajstić information content (AvgIpc) is 2.38. The Morgan fingerprint density at radius 2 is 1.71 bits per heavy atom. The van der Waals surface area contributed by atoms with Crippen LogP contribution in [0.25, 0.3) is 0 Å². The van der Waals surface area contributed by atoms with Gasteiger partial charge in [-0.25, -0.2) is 0 Å². The highest BCUT2D eigenvalue weighted by Crippen LogP contribution is 2.40. The minimum Gasteiger partial charge on any atom is -0.396 e. The van der Waals surface area contributed by atoms with Gasteiger partial charge in [-0.2, -0.15) is 0 Å². The van der Waals surface area contributed by atoms with E-state index in [1.807, 2.05) is 0 Å². The van der Waals surface area contributed by atoms with E-state index in [0.717, 1.165) is 30.8 Å². The van der Waals surface area contributed by atoms with Crippen LogP contribution in [0.1, 0.15) is 64.2 Å². The summed E-state index contributed by atoms with van der Waals surface area (Å²) in [5.74, 6) is 2.10. The number of hydrogen-bond donors (Lipinski definition) is 2. The molecule has 0 aromatic heterocycles.